The van der Waals surface area contributed by atoms with E-state index in [9.17, 15) is 9.59 Å². The Balaban J connectivity index is 1.51. The fraction of sp³-hybridized carbons (Fsp3) is 0.227. The lowest BCUT2D eigenvalue weighted by Crippen LogP contribution is -2.22. The van der Waals surface area contributed by atoms with E-state index in [0.717, 1.165) is 26.2 Å². The zero-order valence-electron chi connectivity index (χ0n) is 16.8. The van der Waals surface area contributed by atoms with E-state index < -0.39 is 0 Å². The molecule has 8 heteroatoms. The maximum absolute atomic E-state index is 12.5. The molecule has 0 saturated carbocycles. The number of nitrogens with zero attached hydrogens (tertiary/aromatic N) is 1. The van der Waals surface area contributed by atoms with Gasteiger partial charge in [0.25, 0.3) is 0 Å². The summed E-state index contributed by atoms with van der Waals surface area (Å²) < 4.78 is 6.51. The number of rotatable bonds is 9. The van der Waals surface area contributed by atoms with Crippen LogP contribution in [0.15, 0.2) is 58.9 Å². The van der Waals surface area contributed by atoms with Gasteiger partial charge in [-0.05, 0) is 43.7 Å². The van der Waals surface area contributed by atoms with E-state index in [-0.39, 0.29) is 23.5 Å². The van der Waals surface area contributed by atoms with Crippen molar-refractivity contribution in [2.45, 2.75) is 36.5 Å². The second-order valence-corrected chi connectivity index (χ2v) is 9.35. The number of anilines is 1. The average Bonchev–Trinajstić information content (AvgIpc) is 3.06. The molecule has 2 amide bonds. The first-order chi connectivity index (χ1) is 14.4. The molecule has 0 radical (unpaired) electrons. The van der Waals surface area contributed by atoms with Gasteiger partial charge in [0, 0.05) is 10.6 Å². The molecule has 0 saturated heterocycles. The lowest BCUT2D eigenvalue weighted by molar-refractivity contribution is -0.117. The molecule has 2 aromatic carbocycles. The normalized spacial score (nSPS) is 11.7. The second kappa shape index (κ2) is 10.3. The Labute approximate surface area is 183 Å². The molecule has 1 unspecified atom stereocenters. The molecule has 30 heavy (non-hydrogen) atoms. The SMILES string of the molecule is Cc1nc(SC(C)C(=O)Nc2ccc(OCc3ccccc3)cc2)sc1CC(N)=O. The van der Waals surface area contributed by atoms with Gasteiger partial charge >= 0.3 is 0 Å². The summed E-state index contributed by atoms with van der Waals surface area (Å²) in [4.78, 5) is 28.9. The van der Waals surface area contributed by atoms with Crippen molar-refractivity contribution < 1.29 is 14.3 Å². The summed E-state index contributed by atoms with van der Waals surface area (Å²) >= 11 is 2.76. The number of ether oxygens (including phenoxy) is 1. The van der Waals surface area contributed by atoms with Crippen LogP contribution in [0.3, 0.4) is 0 Å². The van der Waals surface area contributed by atoms with Crippen LogP contribution in [0.2, 0.25) is 0 Å². The highest BCUT2D eigenvalue weighted by atomic mass is 32.2. The van der Waals surface area contributed by atoms with Crippen LogP contribution >= 0.6 is 23.1 Å². The molecule has 1 heterocycles. The van der Waals surface area contributed by atoms with Crippen LogP contribution in [0.4, 0.5) is 5.69 Å². The van der Waals surface area contributed by atoms with Crippen molar-refractivity contribution in [1.82, 2.24) is 4.98 Å². The van der Waals surface area contributed by atoms with Gasteiger partial charge in [0.2, 0.25) is 11.8 Å². The maximum atomic E-state index is 12.5. The van der Waals surface area contributed by atoms with Crippen LogP contribution < -0.4 is 15.8 Å². The zero-order chi connectivity index (χ0) is 21.5. The molecule has 0 aliphatic heterocycles. The molecule has 0 spiro atoms. The van der Waals surface area contributed by atoms with Crippen molar-refractivity contribution >= 4 is 40.6 Å². The Morgan fingerprint density at radius 3 is 2.53 bits per heavy atom. The number of aromatic nitrogens is 1. The highest BCUT2D eigenvalue weighted by molar-refractivity contribution is 8.02. The molecule has 0 bridgehead atoms. The highest BCUT2D eigenvalue weighted by Crippen LogP contribution is 2.31. The van der Waals surface area contributed by atoms with Gasteiger partial charge < -0.3 is 15.8 Å². The van der Waals surface area contributed by atoms with Gasteiger partial charge in [-0.15, -0.1) is 11.3 Å². The van der Waals surface area contributed by atoms with Crippen LogP contribution in [0, 0.1) is 6.92 Å². The number of carbonyl (C=O) groups excluding carboxylic acids is 2. The van der Waals surface area contributed by atoms with E-state index in [1.54, 1.807) is 0 Å². The molecule has 3 aromatic rings. The molecule has 0 aliphatic rings. The lowest BCUT2D eigenvalue weighted by Gasteiger charge is -2.11. The monoisotopic (exact) mass is 441 g/mol. The Kier molecular flexibility index (Phi) is 7.48. The number of thiazole rings is 1. The van der Waals surface area contributed by atoms with E-state index in [2.05, 4.69) is 10.3 Å². The van der Waals surface area contributed by atoms with E-state index >= 15 is 0 Å². The number of hydrogen-bond acceptors (Lipinski definition) is 6. The maximum Gasteiger partial charge on any atom is 0.237 e. The Morgan fingerprint density at radius 2 is 1.87 bits per heavy atom. The summed E-state index contributed by atoms with van der Waals surface area (Å²) in [5, 5.41) is 2.56. The first kappa shape index (κ1) is 21.9. The fourth-order valence-corrected chi connectivity index (χ4v) is 4.98. The molecule has 156 valence electrons. The minimum absolute atomic E-state index is 0.123. The first-order valence-corrected chi connectivity index (χ1v) is 11.1. The van der Waals surface area contributed by atoms with Gasteiger partial charge in [-0.1, -0.05) is 42.1 Å². The average molecular weight is 442 g/mol. The molecule has 1 atom stereocenters. The van der Waals surface area contributed by atoms with Crippen molar-refractivity contribution in [2.24, 2.45) is 5.73 Å². The lowest BCUT2D eigenvalue weighted by atomic mass is 10.2. The summed E-state index contributed by atoms with van der Waals surface area (Å²) in [7, 11) is 0. The molecular weight excluding hydrogens is 418 g/mol. The summed E-state index contributed by atoms with van der Waals surface area (Å²) in [5.74, 6) is 0.224. The van der Waals surface area contributed by atoms with Gasteiger partial charge in [-0.3, -0.25) is 9.59 Å². The number of hydrogen-bond donors (Lipinski definition) is 2. The number of aryl methyl sites for hydroxylation is 1. The standard InChI is InChI=1S/C22H23N3O3S2/c1-14-19(12-20(23)26)30-22(24-14)29-15(2)21(27)25-17-8-10-18(11-9-17)28-13-16-6-4-3-5-7-16/h3-11,15H,12-13H2,1-2H3,(H2,23,26)(H,25,27). The van der Waals surface area contributed by atoms with E-state index in [1.165, 1.54) is 23.1 Å². The van der Waals surface area contributed by atoms with Gasteiger partial charge in [0.05, 0.1) is 17.4 Å². The summed E-state index contributed by atoms with van der Waals surface area (Å²) in [5.41, 5.74) is 7.83. The predicted octanol–water partition coefficient (Wildman–Crippen LogP) is 4.18. The van der Waals surface area contributed by atoms with E-state index in [4.69, 9.17) is 10.5 Å². The molecule has 3 N–H and O–H groups in total. The van der Waals surface area contributed by atoms with Crippen LogP contribution in [0.5, 0.6) is 5.75 Å². The Bertz CT molecular complexity index is 1000. The fourth-order valence-electron chi connectivity index (χ4n) is 2.60. The zero-order valence-corrected chi connectivity index (χ0v) is 18.4. The third-order valence-corrected chi connectivity index (χ3v) is 6.58. The molecule has 0 fully saturated rings. The largest absolute Gasteiger partial charge is 0.489 e. The first-order valence-electron chi connectivity index (χ1n) is 9.39. The second-order valence-electron chi connectivity index (χ2n) is 6.68. The summed E-state index contributed by atoms with van der Waals surface area (Å²) in [6.45, 7) is 4.15. The minimum Gasteiger partial charge on any atom is -0.489 e. The Hall–Kier alpha value is -2.84. The van der Waals surface area contributed by atoms with Crippen LogP contribution in [-0.2, 0) is 22.6 Å². The number of primary amides is 1. The number of carbonyl (C=O) groups is 2. The summed E-state index contributed by atoms with van der Waals surface area (Å²) in [6, 6.07) is 17.2. The van der Waals surface area contributed by atoms with Crippen molar-refractivity contribution in [2.75, 3.05) is 5.32 Å². The third-order valence-electron chi connectivity index (χ3n) is 4.22. The Morgan fingerprint density at radius 1 is 1.17 bits per heavy atom. The van der Waals surface area contributed by atoms with E-state index in [0.29, 0.717) is 12.3 Å². The highest BCUT2D eigenvalue weighted by Gasteiger charge is 2.18. The number of thioether (sulfide) groups is 1. The number of nitrogens with two attached hydrogens (primary N) is 1. The molecular formula is C22H23N3O3S2. The third kappa shape index (κ3) is 6.33. The van der Waals surface area contributed by atoms with Crippen LogP contribution in [0.25, 0.3) is 0 Å². The number of nitrogens with one attached hydrogen (secondary N) is 1. The van der Waals surface area contributed by atoms with Gasteiger partial charge in [-0.25, -0.2) is 4.98 Å². The topological polar surface area (TPSA) is 94.3 Å². The van der Waals surface area contributed by atoms with Crippen molar-refractivity contribution in [1.29, 1.82) is 0 Å². The minimum atomic E-state index is -0.389. The quantitative estimate of drug-likeness (QED) is 0.486. The smallest absolute Gasteiger partial charge is 0.237 e. The number of amides is 2. The van der Waals surface area contributed by atoms with Crippen LogP contribution in [0.1, 0.15) is 23.1 Å². The van der Waals surface area contributed by atoms with Crippen molar-refractivity contribution in [3.63, 3.8) is 0 Å². The molecule has 6 nitrogen and oxygen atoms in total. The van der Waals surface area contributed by atoms with Crippen molar-refractivity contribution in [3.05, 3.63) is 70.7 Å². The molecule has 1 aromatic heterocycles. The molecule has 3 rings (SSSR count). The van der Waals surface area contributed by atoms with Crippen LogP contribution in [-0.4, -0.2) is 22.0 Å². The van der Waals surface area contributed by atoms with Gasteiger partial charge in [0.1, 0.15) is 12.4 Å². The number of benzene rings is 2. The van der Waals surface area contributed by atoms with Gasteiger partial charge in [-0.2, -0.15) is 0 Å². The van der Waals surface area contributed by atoms with Crippen molar-refractivity contribution in [3.8, 4) is 5.75 Å². The van der Waals surface area contributed by atoms with Gasteiger partial charge in [0.15, 0.2) is 4.34 Å². The summed E-state index contributed by atoms with van der Waals surface area (Å²) in [6.07, 6.45) is 0.170. The predicted molar refractivity (Wildman–Crippen MR) is 121 cm³/mol. The molecule has 0 aliphatic carbocycles. The van der Waals surface area contributed by atoms with E-state index in [1.807, 2.05) is 68.4 Å².